The Hall–Kier alpha value is -1.87. The topological polar surface area (TPSA) is 77.6 Å². The molecule has 1 heterocycles. The summed E-state index contributed by atoms with van der Waals surface area (Å²) < 4.78 is 0. The second kappa shape index (κ2) is 4.99. The van der Waals surface area contributed by atoms with Gasteiger partial charge in [0.15, 0.2) is 23.7 Å². The molecule has 2 N–H and O–H groups in total. The molecule has 0 spiro atoms. The Balaban J connectivity index is 2.77. The van der Waals surface area contributed by atoms with Crippen molar-refractivity contribution in [2.24, 2.45) is 5.16 Å². The molecule has 0 bridgehead atoms. The zero-order valence-electron chi connectivity index (χ0n) is 7.14. The largest absolute Gasteiger partial charge is 0.382 e. The second-order valence-corrected chi connectivity index (χ2v) is 3.03. The molecule has 0 amide bonds. The number of carbonyl (C=O) groups excluding carboxylic acids is 1. The SMILES string of the molecule is C#CCO/N=C(/C=O)c1csc(N)n1. The minimum Gasteiger partial charge on any atom is -0.382 e. The van der Waals surface area contributed by atoms with Crippen LogP contribution in [0, 0.1) is 12.3 Å². The Bertz CT molecular complexity index is 392. The van der Waals surface area contributed by atoms with Crippen LogP contribution in [0.1, 0.15) is 5.69 Å². The lowest BCUT2D eigenvalue weighted by Crippen LogP contribution is -2.04. The number of nitrogens with zero attached hydrogens (tertiary/aromatic N) is 2. The molecule has 0 radical (unpaired) electrons. The Morgan fingerprint density at radius 1 is 1.93 bits per heavy atom. The van der Waals surface area contributed by atoms with Crippen LogP contribution in [0.15, 0.2) is 10.5 Å². The van der Waals surface area contributed by atoms with Gasteiger partial charge in [-0.25, -0.2) is 4.98 Å². The van der Waals surface area contributed by atoms with E-state index in [-0.39, 0.29) is 12.3 Å². The van der Waals surface area contributed by atoms with Gasteiger partial charge in [-0.15, -0.1) is 17.8 Å². The maximum absolute atomic E-state index is 10.6. The van der Waals surface area contributed by atoms with Gasteiger partial charge in [0, 0.05) is 5.38 Å². The number of carbonyl (C=O) groups is 1. The monoisotopic (exact) mass is 209 g/mol. The van der Waals surface area contributed by atoms with Crippen molar-refractivity contribution < 1.29 is 9.63 Å². The number of rotatable bonds is 4. The summed E-state index contributed by atoms with van der Waals surface area (Å²) in [7, 11) is 0. The zero-order chi connectivity index (χ0) is 10.4. The summed E-state index contributed by atoms with van der Waals surface area (Å²) in [6.45, 7) is 0.0109. The highest BCUT2D eigenvalue weighted by molar-refractivity contribution is 7.13. The van der Waals surface area contributed by atoms with Crippen LogP contribution in [0.2, 0.25) is 0 Å². The van der Waals surface area contributed by atoms with Crippen molar-refractivity contribution in [1.29, 1.82) is 0 Å². The van der Waals surface area contributed by atoms with E-state index in [2.05, 4.69) is 20.9 Å². The number of terminal acetylenes is 1. The van der Waals surface area contributed by atoms with Gasteiger partial charge < -0.3 is 10.6 Å². The van der Waals surface area contributed by atoms with Gasteiger partial charge in [-0.1, -0.05) is 11.1 Å². The smallest absolute Gasteiger partial charge is 0.180 e. The predicted octanol–water partition coefficient (Wildman–Crippen LogP) is 0.278. The predicted molar refractivity (Wildman–Crippen MR) is 53.9 cm³/mol. The molecule has 0 aliphatic carbocycles. The van der Waals surface area contributed by atoms with Gasteiger partial charge in [-0.2, -0.15) is 0 Å². The molecule has 1 rings (SSSR count). The van der Waals surface area contributed by atoms with E-state index in [9.17, 15) is 4.79 Å². The van der Waals surface area contributed by atoms with Crippen molar-refractivity contribution in [3.05, 3.63) is 11.1 Å². The first kappa shape index (κ1) is 10.2. The fourth-order valence-electron chi connectivity index (χ4n) is 0.673. The van der Waals surface area contributed by atoms with Crippen LogP contribution < -0.4 is 5.73 Å². The molecule has 0 aliphatic rings. The Morgan fingerprint density at radius 3 is 3.21 bits per heavy atom. The number of oxime groups is 1. The number of hydrogen-bond acceptors (Lipinski definition) is 6. The Morgan fingerprint density at radius 2 is 2.71 bits per heavy atom. The zero-order valence-corrected chi connectivity index (χ0v) is 7.95. The molecule has 0 saturated heterocycles. The maximum Gasteiger partial charge on any atom is 0.180 e. The summed E-state index contributed by atoms with van der Waals surface area (Å²) in [5.74, 6) is 2.22. The van der Waals surface area contributed by atoms with Gasteiger partial charge in [0.1, 0.15) is 5.69 Å². The highest BCUT2D eigenvalue weighted by Gasteiger charge is 2.06. The lowest BCUT2D eigenvalue weighted by molar-refractivity contribution is -0.102. The number of anilines is 1. The molecule has 72 valence electrons. The van der Waals surface area contributed by atoms with Crippen LogP contribution >= 0.6 is 11.3 Å². The summed E-state index contributed by atoms with van der Waals surface area (Å²) in [5, 5.41) is 5.49. The van der Waals surface area contributed by atoms with Crippen molar-refractivity contribution in [2.45, 2.75) is 0 Å². The van der Waals surface area contributed by atoms with E-state index in [4.69, 9.17) is 12.2 Å². The molecule has 0 saturated carbocycles. The summed E-state index contributed by atoms with van der Waals surface area (Å²) in [4.78, 5) is 19.1. The average Bonchev–Trinajstić information content (AvgIpc) is 2.60. The van der Waals surface area contributed by atoms with Crippen LogP contribution in [0.25, 0.3) is 0 Å². The molecular weight excluding hydrogens is 202 g/mol. The van der Waals surface area contributed by atoms with Gasteiger partial charge in [0.2, 0.25) is 0 Å². The number of thiazole rings is 1. The third kappa shape index (κ3) is 2.57. The highest BCUT2D eigenvalue weighted by atomic mass is 32.1. The van der Waals surface area contributed by atoms with Crippen LogP contribution in [0.5, 0.6) is 0 Å². The Kier molecular flexibility index (Phi) is 3.64. The number of aldehydes is 1. The summed E-state index contributed by atoms with van der Waals surface area (Å²) in [6.07, 6.45) is 5.47. The molecule has 6 heteroatoms. The molecule has 0 atom stereocenters. The first-order chi connectivity index (χ1) is 6.77. The van der Waals surface area contributed by atoms with E-state index in [1.54, 1.807) is 5.38 Å². The van der Waals surface area contributed by atoms with Crippen LogP contribution in [-0.2, 0) is 9.63 Å². The number of aromatic nitrogens is 1. The summed E-state index contributed by atoms with van der Waals surface area (Å²) in [5.41, 5.74) is 5.85. The number of nitrogens with two attached hydrogens (primary N) is 1. The lowest BCUT2D eigenvalue weighted by Gasteiger charge is -1.93. The minimum atomic E-state index is 0.0109. The third-order valence-corrected chi connectivity index (χ3v) is 1.88. The molecular formula is C8H7N3O2S. The van der Waals surface area contributed by atoms with Crippen molar-refractivity contribution >= 4 is 28.5 Å². The molecule has 0 unspecified atom stereocenters. The van der Waals surface area contributed by atoms with Crippen molar-refractivity contribution in [1.82, 2.24) is 4.98 Å². The molecule has 14 heavy (non-hydrogen) atoms. The molecule has 1 aromatic heterocycles. The van der Waals surface area contributed by atoms with E-state index in [1.807, 2.05) is 0 Å². The number of hydrogen-bond donors (Lipinski definition) is 1. The average molecular weight is 209 g/mol. The third-order valence-electron chi connectivity index (χ3n) is 1.21. The van der Waals surface area contributed by atoms with E-state index >= 15 is 0 Å². The van der Waals surface area contributed by atoms with E-state index < -0.39 is 0 Å². The normalized spacial score (nSPS) is 10.6. The van der Waals surface area contributed by atoms with Crippen molar-refractivity contribution in [3.63, 3.8) is 0 Å². The quantitative estimate of drug-likeness (QED) is 0.254. The van der Waals surface area contributed by atoms with Gasteiger partial charge in [0.05, 0.1) is 0 Å². The van der Waals surface area contributed by atoms with E-state index in [0.717, 1.165) is 0 Å². The van der Waals surface area contributed by atoms with Gasteiger partial charge in [-0.3, -0.25) is 4.79 Å². The molecule has 5 nitrogen and oxygen atoms in total. The van der Waals surface area contributed by atoms with Gasteiger partial charge >= 0.3 is 0 Å². The highest BCUT2D eigenvalue weighted by Crippen LogP contribution is 2.11. The standard InChI is InChI=1S/C8H7N3O2S/c1-2-3-13-11-6(4-12)7-5-14-8(9)10-7/h1,4-5H,3H2,(H2,9,10)/b11-6-. The fourth-order valence-corrected chi connectivity index (χ4v) is 1.23. The summed E-state index contributed by atoms with van der Waals surface area (Å²) in [6, 6.07) is 0. The van der Waals surface area contributed by atoms with Gasteiger partial charge in [0.25, 0.3) is 0 Å². The first-order valence-corrected chi connectivity index (χ1v) is 4.46. The van der Waals surface area contributed by atoms with Crippen LogP contribution in [-0.4, -0.2) is 23.6 Å². The Labute approximate surface area is 84.6 Å². The molecule has 0 fully saturated rings. The maximum atomic E-state index is 10.6. The number of nitrogen functional groups attached to an aromatic ring is 1. The van der Waals surface area contributed by atoms with Crippen LogP contribution in [0.3, 0.4) is 0 Å². The fraction of sp³-hybridized carbons (Fsp3) is 0.125. The van der Waals surface area contributed by atoms with E-state index in [0.29, 0.717) is 17.1 Å². The van der Waals surface area contributed by atoms with Crippen molar-refractivity contribution in [2.75, 3.05) is 12.3 Å². The van der Waals surface area contributed by atoms with Crippen LogP contribution in [0.4, 0.5) is 5.13 Å². The minimum absolute atomic E-state index is 0.0109. The van der Waals surface area contributed by atoms with E-state index in [1.165, 1.54) is 11.3 Å². The molecule has 1 aromatic rings. The van der Waals surface area contributed by atoms with Crippen molar-refractivity contribution in [3.8, 4) is 12.3 Å². The molecule has 0 aliphatic heterocycles. The first-order valence-electron chi connectivity index (χ1n) is 3.58. The van der Waals surface area contributed by atoms with Gasteiger partial charge in [-0.05, 0) is 0 Å². The second-order valence-electron chi connectivity index (χ2n) is 2.14. The summed E-state index contributed by atoms with van der Waals surface area (Å²) >= 11 is 1.22. The molecule has 0 aromatic carbocycles. The lowest BCUT2D eigenvalue weighted by atomic mass is 10.3.